The molecule has 2 aromatic rings. The van der Waals surface area contributed by atoms with E-state index in [1.165, 1.54) is 7.11 Å². The molecule has 0 aliphatic heterocycles. The summed E-state index contributed by atoms with van der Waals surface area (Å²) in [7, 11) is 1.36. The fraction of sp³-hybridized carbons (Fsp3) is 0.316. The van der Waals surface area contributed by atoms with Crippen LogP contribution < -0.4 is 10.1 Å². The standard InChI is InChI=1S/C17H21NO4.C2H2O4/c1-20-17(19)15-8-2-3-9-16(15)22-11-5-4-10-18-13-14-7-6-12-21-14;3-1(4)2(5)6/h2-3,6-9,12,18H,4-5,10-11,13H2,1H3;(H,3,4)(H,5,6). The number of carboxylic acid groups (broad SMARTS) is 2. The van der Waals surface area contributed by atoms with Crippen LogP contribution in [-0.2, 0) is 20.9 Å². The predicted molar refractivity (Wildman–Crippen MR) is 98.2 cm³/mol. The number of ether oxygens (including phenoxy) is 2. The Morgan fingerprint density at radius 2 is 1.75 bits per heavy atom. The van der Waals surface area contributed by atoms with Crippen molar-refractivity contribution in [2.24, 2.45) is 0 Å². The number of furan rings is 1. The van der Waals surface area contributed by atoms with Crippen molar-refractivity contribution >= 4 is 17.9 Å². The molecule has 0 saturated heterocycles. The molecule has 1 heterocycles. The summed E-state index contributed by atoms with van der Waals surface area (Å²) >= 11 is 0. The smallest absolute Gasteiger partial charge is 0.414 e. The number of carbonyl (C=O) groups excluding carboxylic acids is 1. The summed E-state index contributed by atoms with van der Waals surface area (Å²) in [6.07, 6.45) is 3.56. The second kappa shape index (κ2) is 12.9. The maximum Gasteiger partial charge on any atom is 0.414 e. The van der Waals surface area contributed by atoms with E-state index in [2.05, 4.69) is 5.32 Å². The van der Waals surface area contributed by atoms with Crippen LogP contribution in [0.15, 0.2) is 47.1 Å². The average Bonchev–Trinajstić information content (AvgIpc) is 3.21. The zero-order chi connectivity index (χ0) is 20.8. The minimum atomic E-state index is -1.82. The van der Waals surface area contributed by atoms with Crippen molar-refractivity contribution in [1.29, 1.82) is 0 Å². The van der Waals surface area contributed by atoms with Gasteiger partial charge in [0.05, 0.1) is 26.5 Å². The van der Waals surface area contributed by atoms with Crippen LogP contribution >= 0.6 is 0 Å². The van der Waals surface area contributed by atoms with Gasteiger partial charge in [-0.05, 0) is 43.7 Å². The fourth-order valence-electron chi connectivity index (χ4n) is 2.03. The van der Waals surface area contributed by atoms with Gasteiger partial charge in [0.25, 0.3) is 0 Å². The highest BCUT2D eigenvalue weighted by atomic mass is 16.5. The Bertz CT molecular complexity index is 730. The lowest BCUT2D eigenvalue weighted by atomic mass is 10.2. The molecule has 0 bridgehead atoms. The summed E-state index contributed by atoms with van der Waals surface area (Å²) in [5.41, 5.74) is 0.459. The van der Waals surface area contributed by atoms with Gasteiger partial charge in [-0.15, -0.1) is 0 Å². The lowest BCUT2D eigenvalue weighted by Gasteiger charge is -2.10. The molecule has 28 heavy (non-hydrogen) atoms. The van der Waals surface area contributed by atoms with Gasteiger partial charge in [0.1, 0.15) is 17.1 Å². The second-order valence-corrected chi connectivity index (χ2v) is 5.41. The Morgan fingerprint density at radius 3 is 2.36 bits per heavy atom. The topological polar surface area (TPSA) is 135 Å². The molecular weight excluding hydrogens is 370 g/mol. The van der Waals surface area contributed by atoms with E-state index < -0.39 is 11.9 Å². The first kappa shape index (κ1) is 22.7. The number of esters is 1. The van der Waals surface area contributed by atoms with Crippen LogP contribution in [0.1, 0.15) is 29.0 Å². The van der Waals surface area contributed by atoms with E-state index in [4.69, 9.17) is 33.7 Å². The summed E-state index contributed by atoms with van der Waals surface area (Å²) in [6, 6.07) is 10.9. The van der Waals surface area contributed by atoms with E-state index in [0.717, 1.165) is 31.7 Å². The first-order valence-corrected chi connectivity index (χ1v) is 8.45. The van der Waals surface area contributed by atoms with Gasteiger partial charge in [0.2, 0.25) is 0 Å². The molecule has 2 rings (SSSR count). The molecular formula is C19H23NO8. The third-order valence-corrected chi connectivity index (χ3v) is 3.36. The number of aliphatic carboxylic acids is 2. The molecule has 0 fully saturated rings. The zero-order valence-corrected chi connectivity index (χ0v) is 15.4. The number of unbranched alkanes of at least 4 members (excludes halogenated alkanes) is 1. The van der Waals surface area contributed by atoms with Crippen LogP contribution in [0, 0.1) is 0 Å². The van der Waals surface area contributed by atoms with E-state index in [9.17, 15) is 4.79 Å². The molecule has 1 aromatic heterocycles. The number of para-hydroxylation sites is 1. The van der Waals surface area contributed by atoms with Crippen molar-refractivity contribution in [3.63, 3.8) is 0 Å². The van der Waals surface area contributed by atoms with Gasteiger partial charge in [0, 0.05) is 0 Å². The fourth-order valence-corrected chi connectivity index (χ4v) is 2.03. The van der Waals surface area contributed by atoms with Crippen LogP contribution in [-0.4, -0.2) is 48.4 Å². The highest BCUT2D eigenvalue weighted by molar-refractivity contribution is 6.27. The third-order valence-electron chi connectivity index (χ3n) is 3.36. The van der Waals surface area contributed by atoms with E-state index in [1.54, 1.807) is 24.5 Å². The van der Waals surface area contributed by atoms with Crippen molar-refractivity contribution in [3.8, 4) is 5.75 Å². The molecule has 0 atom stereocenters. The highest BCUT2D eigenvalue weighted by Gasteiger charge is 2.11. The number of rotatable bonds is 9. The molecule has 3 N–H and O–H groups in total. The number of hydrogen-bond donors (Lipinski definition) is 3. The molecule has 1 aromatic carbocycles. The van der Waals surface area contributed by atoms with Crippen LogP contribution in [0.4, 0.5) is 0 Å². The number of carboxylic acids is 2. The van der Waals surface area contributed by atoms with Gasteiger partial charge in [-0.25, -0.2) is 14.4 Å². The lowest BCUT2D eigenvalue weighted by molar-refractivity contribution is -0.159. The monoisotopic (exact) mass is 393 g/mol. The van der Waals surface area contributed by atoms with Crippen LogP contribution in [0.2, 0.25) is 0 Å². The van der Waals surface area contributed by atoms with Crippen molar-refractivity contribution < 1.29 is 38.5 Å². The number of carbonyl (C=O) groups is 3. The molecule has 0 amide bonds. The Balaban J connectivity index is 0.000000568. The molecule has 0 unspecified atom stereocenters. The first-order valence-electron chi connectivity index (χ1n) is 8.45. The Hall–Kier alpha value is -3.33. The summed E-state index contributed by atoms with van der Waals surface area (Å²) in [6.45, 7) is 2.19. The van der Waals surface area contributed by atoms with Gasteiger partial charge >= 0.3 is 17.9 Å². The second-order valence-electron chi connectivity index (χ2n) is 5.41. The summed E-state index contributed by atoms with van der Waals surface area (Å²) in [5, 5.41) is 18.1. The van der Waals surface area contributed by atoms with Crippen molar-refractivity contribution in [3.05, 3.63) is 54.0 Å². The number of nitrogens with one attached hydrogen (secondary N) is 1. The predicted octanol–water partition coefficient (Wildman–Crippen LogP) is 2.17. The van der Waals surface area contributed by atoms with E-state index in [-0.39, 0.29) is 5.97 Å². The molecule has 152 valence electrons. The molecule has 9 nitrogen and oxygen atoms in total. The molecule has 0 radical (unpaired) electrons. The van der Waals surface area contributed by atoms with Crippen LogP contribution in [0.25, 0.3) is 0 Å². The Morgan fingerprint density at radius 1 is 1.04 bits per heavy atom. The molecule has 0 aliphatic rings. The highest BCUT2D eigenvalue weighted by Crippen LogP contribution is 2.19. The van der Waals surface area contributed by atoms with E-state index in [0.29, 0.717) is 17.9 Å². The minimum Gasteiger partial charge on any atom is -0.493 e. The lowest BCUT2D eigenvalue weighted by Crippen LogP contribution is -2.15. The van der Waals surface area contributed by atoms with Gasteiger partial charge in [-0.1, -0.05) is 12.1 Å². The third kappa shape index (κ3) is 8.86. The molecule has 0 aliphatic carbocycles. The van der Waals surface area contributed by atoms with E-state index in [1.807, 2.05) is 18.2 Å². The van der Waals surface area contributed by atoms with Crippen molar-refractivity contribution in [2.75, 3.05) is 20.3 Å². The van der Waals surface area contributed by atoms with Crippen LogP contribution in [0.3, 0.4) is 0 Å². The first-order chi connectivity index (χ1) is 13.5. The minimum absolute atomic E-state index is 0.379. The van der Waals surface area contributed by atoms with Gasteiger partial charge in [-0.3, -0.25) is 0 Å². The zero-order valence-electron chi connectivity index (χ0n) is 15.4. The van der Waals surface area contributed by atoms with Gasteiger partial charge in [-0.2, -0.15) is 0 Å². The molecule has 0 saturated carbocycles. The largest absolute Gasteiger partial charge is 0.493 e. The number of benzene rings is 1. The normalized spacial score (nSPS) is 9.75. The maximum atomic E-state index is 11.6. The molecule has 0 spiro atoms. The average molecular weight is 393 g/mol. The Kier molecular flexibility index (Phi) is 10.5. The van der Waals surface area contributed by atoms with Gasteiger partial charge in [0.15, 0.2) is 0 Å². The SMILES string of the molecule is COC(=O)c1ccccc1OCCCCNCc1ccco1.O=C(O)C(=O)O. The summed E-state index contributed by atoms with van der Waals surface area (Å²) < 4.78 is 15.6. The molecule has 9 heteroatoms. The van der Waals surface area contributed by atoms with E-state index >= 15 is 0 Å². The number of methoxy groups -OCH3 is 1. The van der Waals surface area contributed by atoms with Crippen molar-refractivity contribution in [1.82, 2.24) is 5.32 Å². The summed E-state index contributed by atoms with van der Waals surface area (Å²) in [4.78, 5) is 29.8. The van der Waals surface area contributed by atoms with Crippen molar-refractivity contribution in [2.45, 2.75) is 19.4 Å². The van der Waals surface area contributed by atoms with Crippen LogP contribution in [0.5, 0.6) is 5.75 Å². The number of hydrogen-bond acceptors (Lipinski definition) is 7. The quantitative estimate of drug-likeness (QED) is 0.333. The maximum absolute atomic E-state index is 11.6. The van der Waals surface area contributed by atoms with Gasteiger partial charge < -0.3 is 29.4 Å². The Labute approximate surface area is 161 Å². The summed E-state index contributed by atoms with van der Waals surface area (Å²) in [5.74, 6) is -2.53.